The van der Waals surface area contributed by atoms with E-state index >= 15 is 0 Å². The Morgan fingerprint density at radius 1 is 1.14 bits per heavy atom. The first kappa shape index (κ1) is 20.1. The monoisotopic (exact) mass is 401 g/mol. The molecule has 0 amide bonds. The predicted molar refractivity (Wildman–Crippen MR) is 110 cm³/mol. The lowest BCUT2D eigenvalue weighted by Crippen LogP contribution is -2.08. The van der Waals surface area contributed by atoms with E-state index in [1.807, 2.05) is 0 Å². The largest absolute Gasteiger partial charge is 0.478 e. The first-order valence-corrected chi connectivity index (χ1v) is 11.2. The van der Waals surface area contributed by atoms with Gasteiger partial charge in [0.15, 0.2) is 0 Å². The number of benzene rings is 2. The third-order valence-corrected chi connectivity index (χ3v) is 5.95. The van der Waals surface area contributed by atoms with E-state index in [2.05, 4.69) is 6.92 Å². The predicted octanol–water partition coefficient (Wildman–Crippen LogP) is 4.80. The molecule has 0 spiro atoms. The van der Waals surface area contributed by atoms with E-state index in [1.54, 1.807) is 6.07 Å². The van der Waals surface area contributed by atoms with Gasteiger partial charge in [-0.3, -0.25) is 4.79 Å². The van der Waals surface area contributed by atoms with Crippen LogP contribution < -0.4 is 5.43 Å². The van der Waals surface area contributed by atoms with Crippen molar-refractivity contribution in [1.82, 2.24) is 0 Å². The first-order chi connectivity index (χ1) is 13.2. The topological polar surface area (TPSA) is 108 Å². The third-order valence-electron chi connectivity index (χ3n) is 4.82. The van der Waals surface area contributed by atoms with Crippen LogP contribution in [0.15, 0.2) is 44.4 Å². The Morgan fingerprint density at radius 3 is 2.54 bits per heavy atom. The first-order valence-electron chi connectivity index (χ1n) is 9.23. The molecule has 2 N–H and O–H groups in total. The van der Waals surface area contributed by atoms with Gasteiger partial charge >= 0.3 is 5.97 Å². The van der Waals surface area contributed by atoms with Crippen LogP contribution in [0.2, 0.25) is 0 Å². The molecular formula is C21H23NO5S. The van der Waals surface area contributed by atoms with E-state index in [4.69, 9.17) is 9.20 Å². The summed E-state index contributed by atoms with van der Waals surface area (Å²) in [4.78, 5) is 24.6. The summed E-state index contributed by atoms with van der Waals surface area (Å²) in [6, 6.07) is 7.32. The Morgan fingerprint density at radius 2 is 1.89 bits per heavy atom. The second kappa shape index (κ2) is 7.75. The highest BCUT2D eigenvalue weighted by atomic mass is 32.2. The van der Waals surface area contributed by atoms with E-state index in [9.17, 15) is 18.9 Å². The number of nitrogens with one attached hydrogen (secondary N) is 1. The number of rotatable bonds is 7. The van der Waals surface area contributed by atoms with Gasteiger partial charge in [0, 0.05) is 11.2 Å². The number of unbranched alkanes of at least 4 members (excludes halogenated alkanes) is 3. The summed E-state index contributed by atoms with van der Waals surface area (Å²) in [7, 11) is -3.02. The van der Waals surface area contributed by atoms with E-state index in [0.29, 0.717) is 17.6 Å². The number of carboxylic acids is 1. The SMILES string of the molecule is CCCCCCc1cc([S@](C)(=N)=O)cc2c(=O)c3cc(C(=O)O)ccc3oc12. The number of hydrogen-bond donors (Lipinski definition) is 2. The molecule has 3 aromatic rings. The van der Waals surface area contributed by atoms with Crippen molar-refractivity contribution in [1.29, 1.82) is 4.78 Å². The molecule has 3 rings (SSSR count). The Hall–Kier alpha value is -2.67. The van der Waals surface area contributed by atoms with Crippen LogP contribution in [0.3, 0.4) is 0 Å². The van der Waals surface area contributed by atoms with Crippen molar-refractivity contribution >= 4 is 37.6 Å². The summed E-state index contributed by atoms with van der Waals surface area (Å²) in [5, 5.41) is 9.59. The highest BCUT2D eigenvalue weighted by Crippen LogP contribution is 2.27. The van der Waals surface area contributed by atoms with E-state index < -0.39 is 15.7 Å². The molecule has 1 heterocycles. The maximum atomic E-state index is 13.1. The third kappa shape index (κ3) is 3.94. The molecule has 2 aromatic carbocycles. The molecule has 0 saturated carbocycles. The van der Waals surface area contributed by atoms with Gasteiger partial charge in [0.05, 0.1) is 26.1 Å². The lowest BCUT2D eigenvalue weighted by Gasteiger charge is -2.11. The Labute approximate surface area is 163 Å². The van der Waals surface area contributed by atoms with E-state index in [0.717, 1.165) is 31.2 Å². The molecule has 0 radical (unpaired) electrons. The van der Waals surface area contributed by atoms with Gasteiger partial charge in [-0.15, -0.1) is 0 Å². The number of carbonyl (C=O) groups is 1. The maximum absolute atomic E-state index is 13.1. The lowest BCUT2D eigenvalue weighted by molar-refractivity contribution is 0.0697. The summed E-state index contributed by atoms with van der Waals surface area (Å²) in [5.74, 6) is -1.13. The minimum atomic E-state index is -3.02. The van der Waals surface area contributed by atoms with Crippen molar-refractivity contribution in [3.63, 3.8) is 0 Å². The Balaban J connectivity index is 2.28. The van der Waals surface area contributed by atoms with Crippen molar-refractivity contribution in [3.8, 4) is 0 Å². The van der Waals surface area contributed by atoms with Crippen LogP contribution in [0.5, 0.6) is 0 Å². The summed E-state index contributed by atoms with van der Waals surface area (Å²) in [6.07, 6.45) is 6.11. The molecule has 0 saturated heterocycles. The van der Waals surface area contributed by atoms with E-state index in [-0.39, 0.29) is 26.7 Å². The summed E-state index contributed by atoms with van der Waals surface area (Å²) in [5.41, 5.74) is 1.11. The number of hydrogen-bond acceptors (Lipinski definition) is 5. The minimum Gasteiger partial charge on any atom is -0.478 e. The zero-order valence-electron chi connectivity index (χ0n) is 15.9. The molecule has 148 valence electrons. The fourth-order valence-electron chi connectivity index (χ4n) is 3.29. The molecule has 0 fully saturated rings. The molecule has 0 bridgehead atoms. The van der Waals surface area contributed by atoms with Gasteiger partial charge in [0.1, 0.15) is 11.2 Å². The molecule has 1 aromatic heterocycles. The zero-order valence-corrected chi connectivity index (χ0v) is 16.7. The normalized spacial score (nSPS) is 13.6. The molecule has 0 unspecified atom stereocenters. The van der Waals surface area contributed by atoms with Crippen LogP contribution >= 0.6 is 0 Å². The average Bonchev–Trinajstić information content (AvgIpc) is 2.64. The standard InChI is InChI=1S/C21H23NO5S/c1-3-4-5-6-7-13-10-15(28(2,22)26)12-17-19(23)16-11-14(21(24)25)8-9-18(16)27-20(13)17/h8-12,22H,3-7H2,1-2H3,(H,24,25)/t28-/m1/s1. The molecular weight excluding hydrogens is 378 g/mol. The molecule has 6 nitrogen and oxygen atoms in total. The van der Waals surface area contributed by atoms with Crippen LogP contribution in [0.25, 0.3) is 21.9 Å². The molecule has 0 aliphatic carbocycles. The Bertz CT molecular complexity index is 1220. The molecule has 0 aliphatic rings. The van der Waals surface area contributed by atoms with Gasteiger partial charge in [-0.25, -0.2) is 13.8 Å². The van der Waals surface area contributed by atoms with Crippen LogP contribution in [-0.2, 0) is 16.1 Å². The maximum Gasteiger partial charge on any atom is 0.335 e. The van der Waals surface area contributed by atoms with Crippen LogP contribution in [-0.4, -0.2) is 21.5 Å². The fourth-order valence-corrected chi connectivity index (χ4v) is 4.00. The van der Waals surface area contributed by atoms with Crippen LogP contribution in [0.1, 0.15) is 48.5 Å². The average molecular weight is 401 g/mol. The highest BCUT2D eigenvalue weighted by molar-refractivity contribution is 7.91. The van der Waals surface area contributed by atoms with Gasteiger partial charge < -0.3 is 9.52 Å². The second-order valence-corrected chi connectivity index (χ2v) is 9.22. The van der Waals surface area contributed by atoms with Crippen molar-refractivity contribution in [2.45, 2.75) is 43.9 Å². The molecule has 0 aliphatic heterocycles. The van der Waals surface area contributed by atoms with Gasteiger partial charge in [-0.1, -0.05) is 26.2 Å². The summed E-state index contributed by atoms with van der Waals surface area (Å²) >= 11 is 0. The smallest absolute Gasteiger partial charge is 0.335 e. The van der Waals surface area contributed by atoms with Crippen molar-refractivity contribution < 1.29 is 18.5 Å². The summed E-state index contributed by atoms with van der Waals surface area (Å²) < 4.78 is 26.2. The number of aryl methyl sites for hydroxylation is 1. The Kier molecular flexibility index (Phi) is 5.56. The number of carboxylic acid groups (broad SMARTS) is 1. The highest BCUT2D eigenvalue weighted by Gasteiger charge is 2.17. The molecule has 28 heavy (non-hydrogen) atoms. The molecule has 7 heteroatoms. The fraction of sp³-hybridized carbons (Fsp3) is 0.333. The van der Waals surface area contributed by atoms with Crippen LogP contribution in [0.4, 0.5) is 0 Å². The van der Waals surface area contributed by atoms with Gasteiger partial charge in [-0.05, 0) is 48.7 Å². The zero-order chi connectivity index (χ0) is 20.5. The van der Waals surface area contributed by atoms with Gasteiger partial charge in [0.2, 0.25) is 5.43 Å². The van der Waals surface area contributed by atoms with Crippen molar-refractivity contribution in [2.24, 2.45) is 0 Å². The second-order valence-electron chi connectivity index (χ2n) is 7.06. The van der Waals surface area contributed by atoms with E-state index in [1.165, 1.54) is 30.5 Å². The lowest BCUT2D eigenvalue weighted by atomic mass is 10.0. The number of fused-ring (bicyclic) bond motifs is 2. The van der Waals surface area contributed by atoms with Gasteiger partial charge in [-0.2, -0.15) is 0 Å². The number of aromatic carboxylic acids is 1. The van der Waals surface area contributed by atoms with Gasteiger partial charge in [0.25, 0.3) is 0 Å². The molecule has 1 atom stereocenters. The quantitative estimate of drug-likeness (QED) is 0.436. The summed E-state index contributed by atoms with van der Waals surface area (Å²) in [6.45, 7) is 2.12. The van der Waals surface area contributed by atoms with Crippen molar-refractivity contribution in [2.75, 3.05) is 6.26 Å². The van der Waals surface area contributed by atoms with Crippen molar-refractivity contribution in [3.05, 3.63) is 51.7 Å². The van der Waals surface area contributed by atoms with Crippen LogP contribution in [0, 0.1) is 4.78 Å². The minimum absolute atomic E-state index is 0.00475.